The van der Waals surface area contributed by atoms with Crippen LogP contribution in [0.3, 0.4) is 0 Å². The van der Waals surface area contributed by atoms with E-state index < -0.39 is 17.5 Å². The first kappa shape index (κ1) is 20.9. The molecule has 1 saturated heterocycles. The van der Waals surface area contributed by atoms with Gasteiger partial charge < -0.3 is 4.90 Å². The van der Waals surface area contributed by atoms with Gasteiger partial charge in [-0.15, -0.1) is 0 Å². The standard InChI is InChI=1S/C25H22F3N5O/c1-13-8-20(32-7-6-29-21(32)9-13)25(34)33-15-4-3-5-19(33)23-16(12-15)24(31(2)30-23)14-10-17(26)22(28)18(27)11-14/h6-11,15,19H,3-5,12H2,1-2H3/t15-,19+/m0/s1. The summed E-state index contributed by atoms with van der Waals surface area (Å²) in [6, 6.07) is 5.49. The van der Waals surface area contributed by atoms with Crippen LogP contribution in [0.5, 0.6) is 0 Å². The molecule has 0 aliphatic carbocycles. The molecule has 6 nitrogen and oxygen atoms in total. The highest BCUT2D eigenvalue weighted by Crippen LogP contribution is 2.45. The van der Waals surface area contributed by atoms with Crippen LogP contribution in [-0.2, 0) is 13.5 Å². The van der Waals surface area contributed by atoms with Crippen molar-refractivity contribution in [2.75, 3.05) is 0 Å². The third-order valence-electron chi connectivity index (χ3n) is 7.04. The maximum absolute atomic E-state index is 14.0. The molecule has 2 aliphatic heterocycles. The summed E-state index contributed by atoms with van der Waals surface area (Å²) in [6.07, 6.45) is 6.49. The highest BCUT2D eigenvalue weighted by Gasteiger charge is 2.44. The summed E-state index contributed by atoms with van der Waals surface area (Å²) >= 11 is 0. The van der Waals surface area contributed by atoms with Gasteiger partial charge in [0.2, 0.25) is 0 Å². The Morgan fingerprint density at radius 2 is 1.85 bits per heavy atom. The zero-order chi connectivity index (χ0) is 23.7. The number of carbonyl (C=O) groups is 1. The molecular weight excluding hydrogens is 443 g/mol. The third kappa shape index (κ3) is 2.99. The summed E-state index contributed by atoms with van der Waals surface area (Å²) < 4.78 is 45.0. The van der Waals surface area contributed by atoms with Crippen LogP contribution in [0, 0.1) is 24.4 Å². The largest absolute Gasteiger partial charge is 0.325 e. The molecule has 9 heteroatoms. The number of fused-ring (bicyclic) bond motifs is 5. The first-order chi connectivity index (χ1) is 16.3. The summed E-state index contributed by atoms with van der Waals surface area (Å²) in [5.74, 6) is -4.04. The Morgan fingerprint density at radius 1 is 1.09 bits per heavy atom. The van der Waals surface area contributed by atoms with E-state index in [0.29, 0.717) is 23.5 Å². The number of nitrogens with zero attached hydrogens (tertiary/aromatic N) is 5. The van der Waals surface area contributed by atoms with Crippen molar-refractivity contribution in [3.05, 3.63) is 76.6 Å². The lowest BCUT2D eigenvalue weighted by atomic mass is 9.81. The predicted molar refractivity (Wildman–Crippen MR) is 119 cm³/mol. The number of imidazole rings is 1. The van der Waals surface area contributed by atoms with Crippen molar-refractivity contribution in [2.45, 2.75) is 44.7 Å². The monoisotopic (exact) mass is 465 g/mol. The Balaban J connectivity index is 1.46. The molecule has 0 N–H and O–H groups in total. The van der Waals surface area contributed by atoms with Gasteiger partial charge in [0.15, 0.2) is 17.5 Å². The van der Waals surface area contributed by atoms with E-state index in [0.717, 1.165) is 48.2 Å². The topological polar surface area (TPSA) is 55.4 Å². The number of carbonyl (C=O) groups excluding carboxylic acids is 1. The van der Waals surface area contributed by atoms with Gasteiger partial charge in [-0.1, -0.05) is 0 Å². The molecule has 1 amide bonds. The van der Waals surface area contributed by atoms with Crippen molar-refractivity contribution in [3.8, 4) is 11.3 Å². The van der Waals surface area contributed by atoms with E-state index in [1.807, 2.05) is 24.0 Å². The number of aryl methyl sites for hydroxylation is 2. The Hall–Kier alpha value is -3.62. The smallest absolute Gasteiger partial charge is 0.271 e. The van der Waals surface area contributed by atoms with Crippen molar-refractivity contribution in [1.29, 1.82) is 0 Å². The Bertz CT molecular complexity index is 1450. The second kappa shape index (κ2) is 7.44. The number of aromatic nitrogens is 4. The maximum atomic E-state index is 14.0. The number of hydrogen-bond donors (Lipinski definition) is 0. The Kier molecular flexibility index (Phi) is 4.59. The first-order valence-electron chi connectivity index (χ1n) is 11.3. The number of rotatable bonds is 2. The summed E-state index contributed by atoms with van der Waals surface area (Å²) in [7, 11) is 1.71. The molecule has 6 rings (SSSR count). The lowest BCUT2D eigenvalue weighted by molar-refractivity contribution is 0.0384. The number of hydrogen-bond acceptors (Lipinski definition) is 3. The molecule has 0 radical (unpaired) electrons. The average Bonchev–Trinajstić information content (AvgIpc) is 3.39. The van der Waals surface area contributed by atoms with Crippen LogP contribution in [0.25, 0.3) is 16.9 Å². The lowest BCUT2D eigenvalue weighted by Crippen LogP contribution is -2.50. The van der Waals surface area contributed by atoms with Crippen LogP contribution < -0.4 is 0 Å². The van der Waals surface area contributed by atoms with Gasteiger partial charge in [0, 0.05) is 36.6 Å². The fourth-order valence-corrected chi connectivity index (χ4v) is 5.66. The van der Waals surface area contributed by atoms with Crippen molar-refractivity contribution in [2.24, 2.45) is 7.05 Å². The molecule has 3 aromatic heterocycles. The second-order valence-electron chi connectivity index (χ2n) is 9.18. The molecule has 4 aromatic rings. The van der Waals surface area contributed by atoms with Crippen LogP contribution in [0.1, 0.15) is 52.6 Å². The molecule has 0 unspecified atom stereocenters. The number of amides is 1. The molecule has 1 fully saturated rings. The SMILES string of the molecule is Cc1cc(C(=O)N2[C@H]3CCC[C@@H]2c2nn(C)c(-c4cc(F)c(F)c(F)c4)c2C3)n2ccnc2c1. The fourth-order valence-electron chi connectivity index (χ4n) is 5.66. The first-order valence-corrected chi connectivity index (χ1v) is 11.3. The van der Waals surface area contributed by atoms with Gasteiger partial charge in [-0.05, 0) is 62.4 Å². The van der Waals surface area contributed by atoms with Crippen LogP contribution in [0.15, 0.2) is 36.7 Å². The highest BCUT2D eigenvalue weighted by molar-refractivity contribution is 5.94. The van der Waals surface area contributed by atoms with Gasteiger partial charge in [0.1, 0.15) is 11.3 Å². The summed E-state index contributed by atoms with van der Waals surface area (Å²) in [6.45, 7) is 1.94. The number of benzene rings is 1. The molecular formula is C25H22F3N5O. The lowest BCUT2D eigenvalue weighted by Gasteiger charge is -2.45. The van der Waals surface area contributed by atoms with E-state index in [1.54, 1.807) is 28.5 Å². The zero-order valence-electron chi connectivity index (χ0n) is 18.7. The van der Waals surface area contributed by atoms with E-state index >= 15 is 0 Å². The minimum Gasteiger partial charge on any atom is -0.325 e. The number of halogens is 3. The van der Waals surface area contributed by atoms with Crippen molar-refractivity contribution >= 4 is 11.6 Å². The maximum Gasteiger partial charge on any atom is 0.271 e. The Labute approximate surface area is 193 Å². The van der Waals surface area contributed by atoms with Crippen LogP contribution in [0.4, 0.5) is 13.2 Å². The molecule has 2 atom stereocenters. The summed E-state index contributed by atoms with van der Waals surface area (Å²) in [5.41, 5.74) is 4.61. The van der Waals surface area contributed by atoms with Gasteiger partial charge >= 0.3 is 0 Å². The van der Waals surface area contributed by atoms with Crippen LogP contribution >= 0.6 is 0 Å². The minimum atomic E-state index is -1.49. The summed E-state index contributed by atoms with van der Waals surface area (Å²) in [4.78, 5) is 20.1. The van der Waals surface area contributed by atoms with E-state index in [9.17, 15) is 18.0 Å². The minimum absolute atomic E-state index is 0.0732. The normalized spacial score (nSPS) is 19.5. The second-order valence-corrected chi connectivity index (χ2v) is 9.18. The molecule has 2 bridgehead atoms. The van der Waals surface area contributed by atoms with Gasteiger partial charge in [0.05, 0.1) is 17.4 Å². The van der Waals surface area contributed by atoms with E-state index in [4.69, 9.17) is 5.10 Å². The van der Waals surface area contributed by atoms with Gasteiger partial charge in [-0.2, -0.15) is 5.10 Å². The van der Waals surface area contributed by atoms with E-state index in [1.165, 1.54) is 0 Å². The quantitative estimate of drug-likeness (QED) is 0.402. The molecule has 2 aliphatic rings. The van der Waals surface area contributed by atoms with Gasteiger partial charge in [-0.3, -0.25) is 13.9 Å². The van der Waals surface area contributed by atoms with Crippen molar-refractivity contribution < 1.29 is 18.0 Å². The third-order valence-corrected chi connectivity index (χ3v) is 7.04. The van der Waals surface area contributed by atoms with Crippen molar-refractivity contribution in [1.82, 2.24) is 24.1 Å². The molecule has 0 saturated carbocycles. The molecule has 0 spiro atoms. The van der Waals surface area contributed by atoms with E-state index in [2.05, 4.69) is 4.98 Å². The van der Waals surface area contributed by atoms with Crippen LogP contribution in [-0.4, -0.2) is 36.0 Å². The van der Waals surface area contributed by atoms with Gasteiger partial charge in [0.25, 0.3) is 5.91 Å². The average molecular weight is 465 g/mol. The Morgan fingerprint density at radius 3 is 2.62 bits per heavy atom. The predicted octanol–water partition coefficient (Wildman–Crippen LogP) is 4.75. The highest BCUT2D eigenvalue weighted by atomic mass is 19.2. The van der Waals surface area contributed by atoms with Crippen LogP contribution in [0.2, 0.25) is 0 Å². The zero-order valence-corrected chi connectivity index (χ0v) is 18.7. The molecule has 174 valence electrons. The molecule has 5 heterocycles. The summed E-state index contributed by atoms with van der Waals surface area (Å²) in [5, 5.41) is 4.69. The van der Waals surface area contributed by atoms with E-state index in [-0.39, 0.29) is 23.6 Å². The number of pyridine rings is 1. The van der Waals surface area contributed by atoms with Crippen molar-refractivity contribution in [3.63, 3.8) is 0 Å². The van der Waals surface area contributed by atoms with Gasteiger partial charge in [-0.25, -0.2) is 18.2 Å². The fraction of sp³-hybridized carbons (Fsp3) is 0.320. The number of piperidine rings is 1. The molecule has 34 heavy (non-hydrogen) atoms. The molecule has 1 aromatic carbocycles.